The summed E-state index contributed by atoms with van der Waals surface area (Å²) in [5.41, 5.74) is 3.25. The van der Waals surface area contributed by atoms with E-state index in [1.165, 1.54) is 45.2 Å². The van der Waals surface area contributed by atoms with Gasteiger partial charge in [-0.2, -0.15) is 0 Å². The first kappa shape index (κ1) is 14.9. The molecule has 17 heavy (non-hydrogen) atoms. The van der Waals surface area contributed by atoms with E-state index in [1.807, 2.05) is 0 Å². The number of nitrogens with one attached hydrogen (secondary N) is 1. The van der Waals surface area contributed by atoms with E-state index >= 15 is 0 Å². The molecule has 0 aromatic heterocycles. The molecule has 102 valence electrons. The van der Waals surface area contributed by atoms with E-state index in [-0.39, 0.29) is 5.54 Å². The molecule has 0 aromatic rings. The van der Waals surface area contributed by atoms with Gasteiger partial charge in [-0.15, -0.1) is 0 Å². The number of hydrogen-bond donors (Lipinski definition) is 2. The Morgan fingerprint density at radius 3 is 2.12 bits per heavy atom. The second kappa shape index (κ2) is 6.72. The average molecular weight is 241 g/mol. The van der Waals surface area contributed by atoms with Gasteiger partial charge in [-0.05, 0) is 52.1 Å². The molecule has 1 aliphatic heterocycles. The predicted molar refractivity (Wildman–Crippen MR) is 74.7 cm³/mol. The van der Waals surface area contributed by atoms with Crippen LogP contribution in [0.2, 0.25) is 0 Å². The van der Waals surface area contributed by atoms with Crippen molar-refractivity contribution in [2.24, 2.45) is 11.8 Å². The van der Waals surface area contributed by atoms with E-state index in [4.69, 9.17) is 5.84 Å². The smallest absolute Gasteiger partial charge is 0.0392 e. The zero-order valence-electron chi connectivity index (χ0n) is 12.1. The standard InChI is InChI=1S/C14H31N3/c1-5-12(6-2)11-13(16-15)14(3,4)17-9-7-8-10-17/h12-13,16H,5-11,15H2,1-4H3. The molecule has 0 bridgehead atoms. The number of hydrogen-bond acceptors (Lipinski definition) is 3. The summed E-state index contributed by atoms with van der Waals surface area (Å²) < 4.78 is 0. The molecule has 1 heterocycles. The van der Waals surface area contributed by atoms with Crippen molar-refractivity contribution < 1.29 is 0 Å². The molecule has 1 saturated heterocycles. The van der Waals surface area contributed by atoms with Crippen molar-refractivity contribution in [3.05, 3.63) is 0 Å². The van der Waals surface area contributed by atoms with Crippen LogP contribution in [0.5, 0.6) is 0 Å². The topological polar surface area (TPSA) is 41.3 Å². The Morgan fingerprint density at radius 2 is 1.71 bits per heavy atom. The highest BCUT2D eigenvalue weighted by molar-refractivity contribution is 4.95. The van der Waals surface area contributed by atoms with E-state index in [1.54, 1.807) is 0 Å². The zero-order valence-corrected chi connectivity index (χ0v) is 12.1. The molecule has 1 unspecified atom stereocenters. The second-order valence-electron chi connectivity index (χ2n) is 5.99. The Hall–Kier alpha value is -0.120. The van der Waals surface area contributed by atoms with Gasteiger partial charge >= 0.3 is 0 Å². The lowest BCUT2D eigenvalue weighted by molar-refractivity contribution is 0.0927. The summed E-state index contributed by atoms with van der Waals surface area (Å²) in [4.78, 5) is 2.60. The molecule has 0 amide bonds. The first-order chi connectivity index (χ1) is 8.06. The highest BCUT2D eigenvalue weighted by Crippen LogP contribution is 2.28. The fourth-order valence-electron chi connectivity index (χ4n) is 3.03. The van der Waals surface area contributed by atoms with Crippen LogP contribution < -0.4 is 11.3 Å². The summed E-state index contributed by atoms with van der Waals surface area (Å²) in [5.74, 6) is 6.60. The van der Waals surface area contributed by atoms with Gasteiger partial charge in [0.2, 0.25) is 0 Å². The summed E-state index contributed by atoms with van der Waals surface area (Å²) in [6.45, 7) is 11.7. The van der Waals surface area contributed by atoms with Crippen molar-refractivity contribution in [2.45, 2.75) is 71.4 Å². The van der Waals surface area contributed by atoms with Crippen LogP contribution in [0.25, 0.3) is 0 Å². The van der Waals surface area contributed by atoms with Crippen LogP contribution in [0.15, 0.2) is 0 Å². The normalized spacial score (nSPS) is 20.1. The van der Waals surface area contributed by atoms with Gasteiger partial charge in [0.25, 0.3) is 0 Å². The van der Waals surface area contributed by atoms with E-state index in [2.05, 4.69) is 38.0 Å². The van der Waals surface area contributed by atoms with Gasteiger partial charge in [-0.1, -0.05) is 26.7 Å². The molecule has 3 heteroatoms. The number of likely N-dealkylation sites (tertiary alicyclic amines) is 1. The largest absolute Gasteiger partial charge is 0.297 e. The lowest BCUT2D eigenvalue weighted by Crippen LogP contribution is -2.59. The fourth-order valence-corrected chi connectivity index (χ4v) is 3.03. The van der Waals surface area contributed by atoms with E-state index in [0.29, 0.717) is 6.04 Å². The van der Waals surface area contributed by atoms with Crippen LogP contribution in [-0.2, 0) is 0 Å². The van der Waals surface area contributed by atoms with Gasteiger partial charge in [0, 0.05) is 11.6 Å². The summed E-state index contributed by atoms with van der Waals surface area (Å²) in [6.07, 6.45) is 6.37. The van der Waals surface area contributed by atoms with Gasteiger partial charge in [-0.25, -0.2) is 0 Å². The number of nitrogens with two attached hydrogens (primary N) is 1. The van der Waals surface area contributed by atoms with Crippen molar-refractivity contribution in [1.82, 2.24) is 10.3 Å². The highest BCUT2D eigenvalue weighted by Gasteiger charge is 2.36. The Morgan fingerprint density at radius 1 is 1.18 bits per heavy atom. The Labute approximate surface area is 107 Å². The quantitative estimate of drug-likeness (QED) is 0.531. The second-order valence-corrected chi connectivity index (χ2v) is 5.99. The predicted octanol–water partition coefficient (Wildman–Crippen LogP) is 2.52. The fraction of sp³-hybridized carbons (Fsp3) is 1.00. The third kappa shape index (κ3) is 3.67. The summed E-state index contributed by atoms with van der Waals surface area (Å²) in [7, 11) is 0. The van der Waals surface area contributed by atoms with Crippen LogP contribution in [-0.4, -0.2) is 29.6 Å². The number of rotatable bonds is 7. The van der Waals surface area contributed by atoms with Crippen LogP contribution >= 0.6 is 0 Å². The molecular weight excluding hydrogens is 210 g/mol. The van der Waals surface area contributed by atoms with Crippen LogP contribution in [0.3, 0.4) is 0 Å². The lowest BCUT2D eigenvalue weighted by Gasteiger charge is -2.43. The average Bonchev–Trinajstić information content (AvgIpc) is 2.84. The SMILES string of the molecule is CCC(CC)CC(NN)C(C)(C)N1CCCC1. The molecule has 0 aliphatic carbocycles. The summed E-state index contributed by atoms with van der Waals surface area (Å²) in [6, 6.07) is 0.394. The maximum absolute atomic E-state index is 5.81. The van der Waals surface area contributed by atoms with Gasteiger partial charge in [-0.3, -0.25) is 16.2 Å². The molecular formula is C14H31N3. The van der Waals surface area contributed by atoms with Crippen molar-refractivity contribution in [2.75, 3.05) is 13.1 Å². The Kier molecular flexibility index (Phi) is 5.90. The molecule has 0 aromatic carbocycles. The number of nitrogens with zero attached hydrogens (tertiary/aromatic N) is 1. The van der Waals surface area contributed by atoms with Crippen molar-refractivity contribution in [3.63, 3.8) is 0 Å². The van der Waals surface area contributed by atoms with Gasteiger partial charge in [0.05, 0.1) is 0 Å². The van der Waals surface area contributed by atoms with Crippen molar-refractivity contribution >= 4 is 0 Å². The van der Waals surface area contributed by atoms with E-state index in [9.17, 15) is 0 Å². The van der Waals surface area contributed by atoms with Gasteiger partial charge in [0.15, 0.2) is 0 Å². The molecule has 0 spiro atoms. The first-order valence-corrected chi connectivity index (χ1v) is 7.27. The van der Waals surface area contributed by atoms with Crippen molar-refractivity contribution in [3.8, 4) is 0 Å². The summed E-state index contributed by atoms with van der Waals surface area (Å²) >= 11 is 0. The molecule has 3 nitrogen and oxygen atoms in total. The van der Waals surface area contributed by atoms with E-state index in [0.717, 1.165) is 5.92 Å². The minimum absolute atomic E-state index is 0.174. The Bertz CT molecular complexity index is 206. The lowest BCUT2D eigenvalue weighted by atomic mass is 9.84. The molecule has 0 radical (unpaired) electrons. The first-order valence-electron chi connectivity index (χ1n) is 7.27. The maximum Gasteiger partial charge on any atom is 0.0392 e. The van der Waals surface area contributed by atoms with Gasteiger partial charge < -0.3 is 0 Å². The molecule has 3 N–H and O–H groups in total. The van der Waals surface area contributed by atoms with Gasteiger partial charge in [0.1, 0.15) is 0 Å². The number of hydrazine groups is 1. The third-order valence-electron chi connectivity index (χ3n) is 4.70. The molecule has 1 fully saturated rings. The molecule has 1 aliphatic rings. The van der Waals surface area contributed by atoms with Crippen molar-refractivity contribution in [1.29, 1.82) is 0 Å². The minimum Gasteiger partial charge on any atom is -0.297 e. The molecule has 1 rings (SSSR count). The molecule has 1 atom stereocenters. The maximum atomic E-state index is 5.81. The third-order valence-corrected chi connectivity index (χ3v) is 4.70. The van der Waals surface area contributed by atoms with E-state index < -0.39 is 0 Å². The van der Waals surface area contributed by atoms with Crippen LogP contribution in [0.1, 0.15) is 59.8 Å². The minimum atomic E-state index is 0.174. The monoisotopic (exact) mass is 241 g/mol. The summed E-state index contributed by atoms with van der Waals surface area (Å²) in [5, 5.41) is 0. The van der Waals surface area contributed by atoms with Crippen LogP contribution in [0.4, 0.5) is 0 Å². The highest BCUT2D eigenvalue weighted by atomic mass is 15.3. The van der Waals surface area contributed by atoms with Crippen LogP contribution in [0, 0.1) is 5.92 Å². The zero-order chi connectivity index (χ0) is 12.9. The molecule has 0 saturated carbocycles. The Balaban J connectivity index is 2.63.